The molecular weight excluding hydrogens is 426 g/mol. The number of carbonyl (C=O) groups excluding carboxylic acids is 1. The molecule has 0 fully saturated rings. The summed E-state index contributed by atoms with van der Waals surface area (Å²) < 4.78 is 57.8. The molecule has 31 heavy (non-hydrogen) atoms. The van der Waals surface area contributed by atoms with E-state index >= 15 is 0 Å². The topological polar surface area (TPSA) is 75.7 Å². The molecule has 0 spiro atoms. The molecule has 0 aliphatic heterocycles. The SMILES string of the molecule is COc1ccc([C@@H](CC(C)C)NC(=O)[C@H](C)N(c2ccc(F)c(F)c2)S(C)(=O)=O)cc1. The van der Waals surface area contributed by atoms with Gasteiger partial charge in [0, 0.05) is 6.07 Å². The summed E-state index contributed by atoms with van der Waals surface area (Å²) in [6, 6.07) is 8.38. The molecule has 0 unspecified atom stereocenters. The van der Waals surface area contributed by atoms with E-state index in [0.717, 1.165) is 34.3 Å². The van der Waals surface area contributed by atoms with Gasteiger partial charge >= 0.3 is 0 Å². The molecule has 2 aromatic carbocycles. The van der Waals surface area contributed by atoms with Crippen molar-refractivity contribution in [2.24, 2.45) is 5.92 Å². The maximum Gasteiger partial charge on any atom is 0.244 e. The minimum Gasteiger partial charge on any atom is -0.497 e. The van der Waals surface area contributed by atoms with Crippen LogP contribution in [-0.4, -0.2) is 33.7 Å². The van der Waals surface area contributed by atoms with Crippen molar-refractivity contribution in [3.63, 3.8) is 0 Å². The van der Waals surface area contributed by atoms with E-state index in [2.05, 4.69) is 5.32 Å². The minimum atomic E-state index is -3.96. The Bertz CT molecular complexity index is 1010. The number of ether oxygens (including phenoxy) is 1. The van der Waals surface area contributed by atoms with Gasteiger partial charge in [0.25, 0.3) is 0 Å². The number of sulfonamides is 1. The van der Waals surface area contributed by atoms with Gasteiger partial charge in [-0.3, -0.25) is 9.10 Å². The maximum atomic E-state index is 13.7. The van der Waals surface area contributed by atoms with Crippen LogP contribution in [0.1, 0.15) is 38.8 Å². The first-order valence-corrected chi connectivity index (χ1v) is 11.7. The van der Waals surface area contributed by atoms with Crippen LogP contribution in [0.5, 0.6) is 5.75 Å². The average molecular weight is 455 g/mol. The van der Waals surface area contributed by atoms with E-state index in [0.29, 0.717) is 12.2 Å². The number of rotatable bonds is 9. The lowest BCUT2D eigenvalue weighted by atomic mass is 9.96. The molecule has 0 radical (unpaired) electrons. The van der Waals surface area contributed by atoms with E-state index in [4.69, 9.17) is 4.74 Å². The van der Waals surface area contributed by atoms with Gasteiger partial charge in [0.1, 0.15) is 11.8 Å². The number of nitrogens with zero attached hydrogens (tertiary/aromatic N) is 1. The first-order valence-electron chi connectivity index (χ1n) is 9.82. The van der Waals surface area contributed by atoms with Gasteiger partial charge in [-0.05, 0) is 49.1 Å². The molecule has 0 heterocycles. The summed E-state index contributed by atoms with van der Waals surface area (Å²) in [7, 11) is -2.40. The molecule has 1 amide bonds. The number of benzene rings is 2. The Morgan fingerprint density at radius 2 is 1.68 bits per heavy atom. The third-order valence-electron chi connectivity index (χ3n) is 4.79. The van der Waals surface area contributed by atoms with E-state index < -0.39 is 33.6 Å². The maximum absolute atomic E-state index is 13.7. The number of anilines is 1. The number of methoxy groups -OCH3 is 1. The van der Waals surface area contributed by atoms with Crippen LogP contribution in [0.15, 0.2) is 42.5 Å². The van der Waals surface area contributed by atoms with Crippen LogP contribution in [-0.2, 0) is 14.8 Å². The predicted molar refractivity (Wildman–Crippen MR) is 116 cm³/mol. The lowest BCUT2D eigenvalue weighted by Crippen LogP contribution is -2.48. The lowest BCUT2D eigenvalue weighted by Gasteiger charge is -2.30. The minimum absolute atomic E-state index is 0.131. The van der Waals surface area contributed by atoms with Crippen molar-refractivity contribution >= 4 is 21.6 Å². The van der Waals surface area contributed by atoms with E-state index in [1.807, 2.05) is 26.0 Å². The fraction of sp³-hybridized carbons (Fsp3) is 0.409. The summed E-state index contributed by atoms with van der Waals surface area (Å²) in [5.74, 6) is -1.94. The van der Waals surface area contributed by atoms with Crippen molar-refractivity contribution in [3.05, 3.63) is 59.7 Å². The van der Waals surface area contributed by atoms with Crippen LogP contribution in [0.3, 0.4) is 0 Å². The molecule has 1 N–H and O–H groups in total. The zero-order valence-corrected chi connectivity index (χ0v) is 19.0. The largest absolute Gasteiger partial charge is 0.497 e. The first kappa shape index (κ1) is 24.6. The van der Waals surface area contributed by atoms with Crippen molar-refractivity contribution in [2.45, 2.75) is 39.3 Å². The third kappa shape index (κ3) is 6.40. The molecule has 0 aromatic heterocycles. The number of hydrogen-bond donors (Lipinski definition) is 1. The standard InChI is InChI=1S/C22H28F2N2O4S/c1-14(2)12-21(16-6-9-18(30-4)10-7-16)25-22(27)15(3)26(31(5,28)29)17-8-11-19(23)20(24)13-17/h6-11,13-15,21H,12H2,1-5H3,(H,25,27)/t15-,21+/m0/s1. The quantitative estimate of drug-likeness (QED) is 0.621. The molecule has 0 saturated heterocycles. The molecule has 0 aliphatic carbocycles. The zero-order valence-electron chi connectivity index (χ0n) is 18.2. The fourth-order valence-electron chi connectivity index (χ4n) is 3.31. The third-order valence-corrected chi connectivity index (χ3v) is 6.03. The summed E-state index contributed by atoms with van der Waals surface area (Å²) in [5.41, 5.74) is 0.711. The highest BCUT2D eigenvalue weighted by Gasteiger charge is 2.31. The molecule has 2 aromatic rings. The normalized spacial score (nSPS) is 13.5. The predicted octanol–water partition coefficient (Wildman–Crippen LogP) is 4.03. The summed E-state index contributed by atoms with van der Waals surface area (Å²) in [5, 5.41) is 2.90. The highest BCUT2D eigenvalue weighted by molar-refractivity contribution is 7.92. The molecule has 0 saturated carbocycles. The fourth-order valence-corrected chi connectivity index (χ4v) is 4.48. The molecule has 2 rings (SSSR count). The van der Waals surface area contributed by atoms with Gasteiger partial charge in [-0.2, -0.15) is 0 Å². The Kier molecular flexibility index (Phi) is 8.00. The van der Waals surface area contributed by atoms with Gasteiger partial charge in [-0.1, -0.05) is 26.0 Å². The Hall–Kier alpha value is -2.68. The Balaban J connectivity index is 2.33. The van der Waals surface area contributed by atoms with Gasteiger partial charge < -0.3 is 10.1 Å². The van der Waals surface area contributed by atoms with Crippen LogP contribution >= 0.6 is 0 Å². The number of amides is 1. The Morgan fingerprint density at radius 3 is 2.16 bits per heavy atom. The Labute approximate surface area is 182 Å². The van der Waals surface area contributed by atoms with Crippen molar-refractivity contribution in [1.82, 2.24) is 5.32 Å². The number of hydrogen-bond acceptors (Lipinski definition) is 4. The average Bonchev–Trinajstić information content (AvgIpc) is 2.69. The van der Waals surface area contributed by atoms with Gasteiger partial charge in [0.05, 0.1) is 25.1 Å². The summed E-state index contributed by atoms with van der Waals surface area (Å²) in [6.07, 6.45) is 1.53. The van der Waals surface area contributed by atoms with Gasteiger partial charge in [-0.25, -0.2) is 17.2 Å². The second-order valence-corrected chi connectivity index (χ2v) is 9.66. The molecule has 2 atom stereocenters. The van der Waals surface area contributed by atoms with Crippen molar-refractivity contribution in [2.75, 3.05) is 17.7 Å². The van der Waals surface area contributed by atoms with Crippen LogP contribution in [0.2, 0.25) is 0 Å². The molecule has 0 aliphatic rings. The van der Waals surface area contributed by atoms with E-state index in [9.17, 15) is 22.0 Å². The number of nitrogens with one attached hydrogen (secondary N) is 1. The summed E-state index contributed by atoms with van der Waals surface area (Å²) in [6.45, 7) is 5.42. The van der Waals surface area contributed by atoms with Crippen LogP contribution < -0.4 is 14.4 Å². The van der Waals surface area contributed by atoms with Crippen LogP contribution in [0.25, 0.3) is 0 Å². The summed E-state index contributed by atoms with van der Waals surface area (Å²) >= 11 is 0. The van der Waals surface area contributed by atoms with Crippen molar-refractivity contribution < 1.29 is 26.7 Å². The first-order chi connectivity index (χ1) is 14.4. The second kappa shape index (κ2) is 10.1. The van der Waals surface area contributed by atoms with Crippen molar-refractivity contribution in [3.8, 4) is 5.75 Å². The van der Waals surface area contributed by atoms with Crippen LogP contribution in [0, 0.1) is 17.6 Å². The van der Waals surface area contributed by atoms with Gasteiger partial charge in [-0.15, -0.1) is 0 Å². The molecule has 9 heteroatoms. The molecular formula is C22H28F2N2O4S. The molecule has 6 nitrogen and oxygen atoms in total. The lowest BCUT2D eigenvalue weighted by molar-refractivity contribution is -0.122. The highest BCUT2D eigenvalue weighted by atomic mass is 32.2. The summed E-state index contributed by atoms with van der Waals surface area (Å²) in [4.78, 5) is 13.0. The molecule has 0 bridgehead atoms. The van der Waals surface area contributed by atoms with Gasteiger partial charge in [0.15, 0.2) is 11.6 Å². The highest BCUT2D eigenvalue weighted by Crippen LogP contribution is 2.26. The smallest absolute Gasteiger partial charge is 0.244 e. The zero-order chi connectivity index (χ0) is 23.3. The van der Waals surface area contributed by atoms with E-state index in [-0.39, 0.29) is 17.6 Å². The van der Waals surface area contributed by atoms with Gasteiger partial charge in [0.2, 0.25) is 15.9 Å². The van der Waals surface area contributed by atoms with Crippen LogP contribution in [0.4, 0.5) is 14.5 Å². The van der Waals surface area contributed by atoms with E-state index in [1.54, 1.807) is 19.2 Å². The second-order valence-electron chi connectivity index (χ2n) is 7.80. The van der Waals surface area contributed by atoms with E-state index in [1.165, 1.54) is 6.92 Å². The number of carbonyl (C=O) groups is 1. The molecule has 170 valence electrons. The Morgan fingerprint density at radius 1 is 1.06 bits per heavy atom. The monoisotopic (exact) mass is 454 g/mol. The number of halogens is 2. The van der Waals surface area contributed by atoms with Crippen molar-refractivity contribution in [1.29, 1.82) is 0 Å².